The van der Waals surface area contributed by atoms with Gasteiger partial charge >= 0.3 is 5.97 Å². The van der Waals surface area contributed by atoms with Crippen LogP contribution in [0.15, 0.2) is 46.1 Å². The van der Waals surface area contributed by atoms with E-state index in [1.54, 1.807) is 19.9 Å². The lowest BCUT2D eigenvalue weighted by Gasteiger charge is -2.56. The highest BCUT2D eigenvalue weighted by molar-refractivity contribution is 5.99. The third kappa shape index (κ3) is 2.72. The minimum atomic E-state index is -1.60. The number of carbonyl (C=O) groups is 2. The van der Waals surface area contributed by atoms with E-state index in [0.29, 0.717) is 31.3 Å². The molecule has 5 rings (SSSR count). The molecule has 0 aromatic rings. The molecule has 33 heavy (non-hydrogen) atoms. The topological polar surface area (TPSA) is 83.8 Å². The van der Waals surface area contributed by atoms with Crippen molar-refractivity contribution in [3.8, 4) is 0 Å². The number of ketones is 1. The van der Waals surface area contributed by atoms with Gasteiger partial charge in [0.2, 0.25) is 0 Å². The van der Waals surface area contributed by atoms with Crippen LogP contribution in [0.3, 0.4) is 0 Å². The quantitative estimate of drug-likeness (QED) is 0.476. The Kier molecular flexibility index (Phi) is 4.85. The first-order chi connectivity index (χ1) is 15.4. The van der Waals surface area contributed by atoms with E-state index in [9.17, 15) is 19.8 Å². The Morgan fingerprint density at radius 1 is 1.15 bits per heavy atom. The van der Waals surface area contributed by atoms with E-state index < -0.39 is 34.1 Å². The maximum atomic E-state index is 13.1. The maximum Gasteiger partial charge on any atom is 0.334 e. The van der Waals surface area contributed by atoms with Crippen LogP contribution >= 0.6 is 0 Å². The first-order valence-corrected chi connectivity index (χ1v) is 12.3. The number of ether oxygens (including phenoxy) is 1. The lowest BCUT2D eigenvalue weighted by atomic mass is 9.51. The summed E-state index contributed by atoms with van der Waals surface area (Å²) in [6.45, 7) is 9.43. The van der Waals surface area contributed by atoms with Crippen LogP contribution in [0.1, 0.15) is 79.6 Å². The Bertz CT molecular complexity index is 1070. The van der Waals surface area contributed by atoms with E-state index >= 15 is 0 Å². The molecule has 178 valence electrons. The van der Waals surface area contributed by atoms with Gasteiger partial charge in [0.25, 0.3) is 0 Å². The number of rotatable bonds is 2. The molecular weight excluding hydrogens is 416 g/mol. The molecule has 5 nitrogen and oxygen atoms in total. The molecule has 1 fully saturated rings. The number of cyclic esters (lactones) is 1. The first kappa shape index (κ1) is 22.8. The Balaban J connectivity index is 1.56. The predicted molar refractivity (Wildman–Crippen MR) is 125 cm³/mol. The average molecular weight is 453 g/mol. The van der Waals surface area contributed by atoms with Crippen LogP contribution in [0.5, 0.6) is 0 Å². The third-order valence-corrected chi connectivity index (χ3v) is 10.3. The summed E-state index contributed by atoms with van der Waals surface area (Å²) in [4.78, 5) is 25.5. The van der Waals surface area contributed by atoms with Crippen LogP contribution in [-0.4, -0.2) is 39.3 Å². The minimum Gasteiger partial charge on any atom is -0.455 e. The molecular formula is C28H36O5. The highest BCUT2D eigenvalue weighted by atomic mass is 16.6. The molecule has 1 aliphatic heterocycles. The number of esters is 1. The van der Waals surface area contributed by atoms with Crippen LogP contribution in [0, 0.1) is 16.7 Å². The van der Waals surface area contributed by atoms with Crippen molar-refractivity contribution in [2.45, 2.75) is 96.9 Å². The third-order valence-electron chi connectivity index (χ3n) is 10.3. The summed E-state index contributed by atoms with van der Waals surface area (Å²) in [7, 11) is 0. The first-order valence-electron chi connectivity index (χ1n) is 12.3. The molecule has 6 unspecified atom stereocenters. The van der Waals surface area contributed by atoms with Gasteiger partial charge in [-0.2, -0.15) is 0 Å². The molecule has 5 heteroatoms. The Morgan fingerprint density at radius 2 is 1.88 bits per heavy atom. The fourth-order valence-corrected chi connectivity index (χ4v) is 7.72. The van der Waals surface area contributed by atoms with Crippen LogP contribution in [0.25, 0.3) is 0 Å². The fraction of sp³-hybridized carbons (Fsp3) is 0.643. The second kappa shape index (κ2) is 7.02. The lowest BCUT2D eigenvalue weighted by molar-refractivity contribution is -0.235. The predicted octanol–water partition coefficient (Wildman–Crippen LogP) is 4.49. The Morgan fingerprint density at radius 3 is 2.58 bits per heavy atom. The molecule has 0 aromatic carbocycles. The molecule has 0 amide bonds. The number of aliphatic hydroxyl groups is 2. The molecule has 0 saturated heterocycles. The molecule has 0 aromatic heterocycles. The Labute approximate surface area is 196 Å². The maximum absolute atomic E-state index is 13.1. The van der Waals surface area contributed by atoms with E-state index in [-0.39, 0.29) is 11.7 Å². The summed E-state index contributed by atoms with van der Waals surface area (Å²) in [6, 6.07) is 0. The van der Waals surface area contributed by atoms with Gasteiger partial charge in [-0.05, 0) is 78.2 Å². The molecule has 0 bridgehead atoms. The van der Waals surface area contributed by atoms with Crippen molar-refractivity contribution in [3.63, 3.8) is 0 Å². The number of carbonyl (C=O) groups excluding carboxylic acids is 2. The van der Waals surface area contributed by atoms with Crippen molar-refractivity contribution in [1.29, 1.82) is 0 Å². The van der Waals surface area contributed by atoms with Gasteiger partial charge in [0.05, 0.1) is 5.41 Å². The van der Waals surface area contributed by atoms with E-state index in [0.717, 1.165) is 24.8 Å². The molecule has 1 saturated carbocycles. The molecule has 0 radical (unpaired) electrons. The molecule has 4 aliphatic carbocycles. The molecule has 2 N–H and O–H groups in total. The number of allylic oxidation sites excluding steroid dienone is 5. The van der Waals surface area contributed by atoms with Gasteiger partial charge in [0, 0.05) is 17.4 Å². The van der Waals surface area contributed by atoms with Gasteiger partial charge in [0.1, 0.15) is 17.3 Å². The van der Waals surface area contributed by atoms with Gasteiger partial charge in [0.15, 0.2) is 5.78 Å². The lowest BCUT2D eigenvalue weighted by Crippen LogP contribution is -2.66. The zero-order valence-electron chi connectivity index (χ0n) is 20.5. The highest BCUT2D eigenvalue weighted by Crippen LogP contribution is 2.66. The highest BCUT2D eigenvalue weighted by Gasteiger charge is 2.67. The monoisotopic (exact) mass is 452 g/mol. The van der Waals surface area contributed by atoms with Crippen LogP contribution in [-0.2, 0) is 14.3 Å². The zero-order chi connectivity index (χ0) is 24.0. The van der Waals surface area contributed by atoms with E-state index in [2.05, 4.69) is 19.9 Å². The van der Waals surface area contributed by atoms with E-state index in [1.165, 1.54) is 16.7 Å². The molecule has 6 atom stereocenters. The SMILES string of the molecule is CC1=C(C)C(=O)OC(C(C)(O)C2(O)CCC3=C4CC=C5CC=CC(=O)C5(C)C4CCC32C)C1. The normalized spacial score (nSPS) is 42.3. The Hall–Kier alpha value is -1.98. The van der Waals surface area contributed by atoms with E-state index in [1.807, 2.05) is 13.0 Å². The van der Waals surface area contributed by atoms with E-state index in [4.69, 9.17) is 4.74 Å². The standard InChI is InChI=1S/C28H36O5/c1-16-15-23(33-24(30)17(16)2)27(5,31)28(32)14-12-20-19-10-9-18-7-6-8-22(29)26(18,4)21(19)11-13-25(20,28)3/h6,8-9,21,23,31-32H,7,10-15H2,1-5H3. The largest absolute Gasteiger partial charge is 0.455 e. The summed E-state index contributed by atoms with van der Waals surface area (Å²) >= 11 is 0. The fourth-order valence-electron chi connectivity index (χ4n) is 7.72. The van der Waals surface area contributed by atoms with Gasteiger partial charge in [-0.15, -0.1) is 0 Å². The molecule has 5 aliphatic rings. The smallest absolute Gasteiger partial charge is 0.334 e. The number of hydrogen-bond acceptors (Lipinski definition) is 5. The van der Waals surface area contributed by atoms with Crippen molar-refractivity contribution in [2.24, 2.45) is 16.7 Å². The van der Waals surface area contributed by atoms with Gasteiger partial charge in [-0.25, -0.2) is 4.79 Å². The van der Waals surface area contributed by atoms with Crippen molar-refractivity contribution in [1.82, 2.24) is 0 Å². The minimum absolute atomic E-state index is 0.144. The summed E-state index contributed by atoms with van der Waals surface area (Å²) in [5, 5.41) is 24.1. The molecule has 0 spiro atoms. The van der Waals surface area contributed by atoms with Gasteiger partial charge in [-0.1, -0.05) is 41.4 Å². The van der Waals surface area contributed by atoms with Crippen LogP contribution in [0.4, 0.5) is 0 Å². The second-order valence-electron chi connectivity index (χ2n) is 11.5. The number of hydrogen-bond donors (Lipinski definition) is 2. The number of fused-ring (bicyclic) bond motifs is 4. The zero-order valence-corrected chi connectivity index (χ0v) is 20.5. The summed E-state index contributed by atoms with van der Waals surface area (Å²) in [6.07, 6.45) is 9.78. The van der Waals surface area contributed by atoms with Crippen LogP contribution < -0.4 is 0 Å². The van der Waals surface area contributed by atoms with Gasteiger partial charge in [-0.3, -0.25) is 4.79 Å². The van der Waals surface area contributed by atoms with Crippen LogP contribution in [0.2, 0.25) is 0 Å². The summed E-state index contributed by atoms with van der Waals surface area (Å²) in [5.41, 5.74) is 1.02. The van der Waals surface area contributed by atoms with Crippen molar-refractivity contribution in [3.05, 3.63) is 46.1 Å². The molecule has 1 heterocycles. The van der Waals surface area contributed by atoms with Crippen molar-refractivity contribution in [2.75, 3.05) is 0 Å². The van der Waals surface area contributed by atoms with Crippen molar-refractivity contribution < 1.29 is 24.5 Å². The van der Waals surface area contributed by atoms with Crippen molar-refractivity contribution >= 4 is 11.8 Å². The summed E-state index contributed by atoms with van der Waals surface area (Å²) < 4.78 is 5.66. The second-order valence-corrected chi connectivity index (χ2v) is 11.5. The average Bonchev–Trinajstić information content (AvgIpc) is 3.05. The van der Waals surface area contributed by atoms with Gasteiger partial charge < -0.3 is 14.9 Å². The summed E-state index contributed by atoms with van der Waals surface area (Å²) in [5.74, 6) is -0.0936.